The van der Waals surface area contributed by atoms with Crippen molar-refractivity contribution < 1.29 is 4.79 Å². The first-order valence-electron chi connectivity index (χ1n) is 8.17. The third-order valence-corrected chi connectivity index (χ3v) is 4.91. The van der Waals surface area contributed by atoms with Crippen molar-refractivity contribution in [2.75, 3.05) is 6.54 Å². The Morgan fingerprint density at radius 3 is 2.64 bits per heavy atom. The van der Waals surface area contributed by atoms with Gasteiger partial charge in [0.2, 0.25) is 0 Å². The number of halogens is 1. The Morgan fingerprint density at radius 2 is 1.96 bits per heavy atom. The number of H-pyrrole nitrogens is 2. The molecule has 7 heteroatoms. The number of nitrogens with zero attached hydrogens (tertiary/aromatic N) is 2. The minimum absolute atomic E-state index is 0.146. The van der Waals surface area contributed by atoms with Gasteiger partial charge in [-0.25, -0.2) is 4.98 Å². The largest absolute Gasteiger partial charge is 0.350 e. The number of fused-ring (bicyclic) bond motifs is 1. The molecule has 0 unspecified atom stereocenters. The average molecular weight is 356 g/mol. The van der Waals surface area contributed by atoms with Crippen LogP contribution in [0.5, 0.6) is 0 Å². The van der Waals surface area contributed by atoms with Crippen LogP contribution in [-0.4, -0.2) is 32.6 Å². The number of benzene rings is 1. The third kappa shape index (κ3) is 2.82. The fourth-order valence-electron chi connectivity index (χ4n) is 3.35. The number of hydrogen-bond acceptors (Lipinski definition) is 3. The highest BCUT2D eigenvalue weighted by Gasteiger charge is 2.27. The molecule has 0 aliphatic carbocycles. The molecule has 3 heterocycles. The van der Waals surface area contributed by atoms with Crippen LogP contribution in [0.3, 0.4) is 0 Å². The number of imidazole rings is 1. The molecule has 3 N–H and O–H groups in total. The maximum atomic E-state index is 12.5. The van der Waals surface area contributed by atoms with Gasteiger partial charge in [0, 0.05) is 28.9 Å². The van der Waals surface area contributed by atoms with Crippen molar-refractivity contribution in [2.45, 2.75) is 26.2 Å². The molecule has 0 saturated carbocycles. The standard InChI is InChI=1S/C18H18ClN5O/c1-9-15(10(2)24-23-9)17-21-14-7-12(8-20-18(25)16(14)22-17)11-3-5-13(19)6-4-11/h3-6,12H,7-8H2,1-2H3,(H,20,25)(H,21,22)(H,23,24)/t12-/m0/s1. The van der Waals surface area contributed by atoms with Gasteiger partial charge in [-0.2, -0.15) is 5.10 Å². The Labute approximate surface area is 150 Å². The van der Waals surface area contributed by atoms with Gasteiger partial charge in [0.1, 0.15) is 11.5 Å². The summed E-state index contributed by atoms with van der Waals surface area (Å²) in [4.78, 5) is 20.3. The van der Waals surface area contributed by atoms with Crippen LogP contribution in [0.15, 0.2) is 24.3 Å². The van der Waals surface area contributed by atoms with Gasteiger partial charge in [0.25, 0.3) is 5.91 Å². The van der Waals surface area contributed by atoms with E-state index in [2.05, 4.69) is 25.5 Å². The summed E-state index contributed by atoms with van der Waals surface area (Å²) in [6.07, 6.45) is 0.707. The molecule has 2 aromatic heterocycles. The molecule has 25 heavy (non-hydrogen) atoms. The van der Waals surface area contributed by atoms with Crippen molar-refractivity contribution in [1.82, 2.24) is 25.5 Å². The predicted molar refractivity (Wildman–Crippen MR) is 95.9 cm³/mol. The van der Waals surface area contributed by atoms with E-state index in [0.717, 1.165) is 28.2 Å². The third-order valence-electron chi connectivity index (χ3n) is 4.66. The van der Waals surface area contributed by atoms with Gasteiger partial charge in [-0.05, 0) is 38.0 Å². The van der Waals surface area contributed by atoms with Gasteiger partial charge < -0.3 is 10.3 Å². The van der Waals surface area contributed by atoms with Crippen molar-refractivity contribution in [3.05, 3.63) is 57.6 Å². The first-order chi connectivity index (χ1) is 12.0. The van der Waals surface area contributed by atoms with E-state index in [9.17, 15) is 4.79 Å². The number of aryl methyl sites for hydroxylation is 2. The molecule has 1 atom stereocenters. The summed E-state index contributed by atoms with van der Waals surface area (Å²) in [7, 11) is 0. The molecule has 0 fully saturated rings. The molecule has 1 aliphatic heterocycles. The number of rotatable bonds is 2. The quantitative estimate of drug-likeness (QED) is 0.660. The van der Waals surface area contributed by atoms with E-state index < -0.39 is 0 Å². The van der Waals surface area contributed by atoms with Gasteiger partial charge in [-0.3, -0.25) is 9.89 Å². The summed E-state index contributed by atoms with van der Waals surface area (Å²) in [5, 5.41) is 10.8. The topological polar surface area (TPSA) is 86.5 Å². The van der Waals surface area contributed by atoms with Crippen molar-refractivity contribution in [3.63, 3.8) is 0 Å². The molecule has 0 saturated heterocycles. The minimum Gasteiger partial charge on any atom is -0.350 e. The van der Waals surface area contributed by atoms with E-state index in [1.54, 1.807) is 0 Å². The van der Waals surface area contributed by atoms with Crippen LogP contribution in [-0.2, 0) is 6.42 Å². The fourth-order valence-corrected chi connectivity index (χ4v) is 3.48. The number of carbonyl (C=O) groups excluding carboxylic acids is 1. The molecule has 128 valence electrons. The van der Waals surface area contributed by atoms with Crippen molar-refractivity contribution in [3.8, 4) is 11.4 Å². The summed E-state index contributed by atoms with van der Waals surface area (Å²) in [5.74, 6) is 0.704. The monoisotopic (exact) mass is 355 g/mol. The summed E-state index contributed by atoms with van der Waals surface area (Å²) in [6, 6.07) is 7.76. The lowest BCUT2D eigenvalue weighted by atomic mass is 9.94. The summed E-state index contributed by atoms with van der Waals surface area (Å²) in [5.41, 5.74) is 5.16. The highest BCUT2D eigenvalue weighted by Crippen LogP contribution is 2.29. The number of carbonyl (C=O) groups is 1. The van der Waals surface area contributed by atoms with E-state index in [4.69, 9.17) is 11.6 Å². The predicted octanol–water partition coefficient (Wildman–Crippen LogP) is 3.14. The second kappa shape index (κ2) is 6.04. The second-order valence-electron chi connectivity index (χ2n) is 6.38. The van der Waals surface area contributed by atoms with Gasteiger partial charge in [-0.1, -0.05) is 23.7 Å². The van der Waals surface area contributed by atoms with Crippen LogP contribution in [0.25, 0.3) is 11.4 Å². The lowest BCUT2D eigenvalue weighted by Crippen LogP contribution is -2.26. The molecule has 4 rings (SSSR count). The van der Waals surface area contributed by atoms with Crippen LogP contribution in [0.1, 0.15) is 39.1 Å². The molecular weight excluding hydrogens is 338 g/mol. The van der Waals surface area contributed by atoms with Crippen LogP contribution in [0, 0.1) is 13.8 Å². The smallest absolute Gasteiger partial charge is 0.271 e. The molecule has 1 aromatic carbocycles. The van der Waals surface area contributed by atoms with Gasteiger partial charge in [-0.15, -0.1) is 0 Å². The molecule has 0 bridgehead atoms. The van der Waals surface area contributed by atoms with Gasteiger partial charge in [0.15, 0.2) is 0 Å². The van der Waals surface area contributed by atoms with Crippen LogP contribution in [0.2, 0.25) is 5.02 Å². The number of amides is 1. The van der Waals surface area contributed by atoms with Crippen LogP contribution in [0.4, 0.5) is 0 Å². The average Bonchev–Trinajstić information content (AvgIpc) is 3.11. The van der Waals surface area contributed by atoms with Gasteiger partial charge in [0.05, 0.1) is 11.3 Å². The molecule has 1 amide bonds. The normalized spacial score (nSPS) is 17.1. The molecule has 6 nitrogen and oxygen atoms in total. The molecule has 0 spiro atoms. The molecule has 0 radical (unpaired) electrons. The van der Waals surface area contributed by atoms with E-state index in [-0.39, 0.29) is 11.8 Å². The Kier molecular flexibility index (Phi) is 3.84. The van der Waals surface area contributed by atoms with E-state index in [0.29, 0.717) is 29.5 Å². The SMILES string of the molecule is Cc1n[nH]c(C)c1-c1nc2c([nH]1)C[C@H](c1ccc(Cl)cc1)CNC2=O. The minimum atomic E-state index is -0.146. The van der Waals surface area contributed by atoms with Crippen LogP contribution < -0.4 is 5.32 Å². The zero-order valence-electron chi connectivity index (χ0n) is 14.0. The zero-order valence-corrected chi connectivity index (χ0v) is 14.7. The second-order valence-corrected chi connectivity index (χ2v) is 6.82. The van der Waals surface area contributed by atoms with Crippen molar-refractivity contribution in [2.24, 2.45) is 0 Å². The zero-order chi connectivity index (χ0) is 17.6. The first kappa shape index (κ1) is 15.9. The number of nitrogens with one attached hydrogen (secondary N) is 3. The Bertz CT molecular complexity index is 922. The lowest BCUT2D eigenvalue weighted by molar-refractivity contribution is 0.0950. The summed E-state index contributed by atoms with van der Waals surface area (Å²) in [6.45, 7) is 4.44. The van der Waals surface area contributed by atoms with Gasteiger partial charge >= 0.3 is 0 Å². The Hall–Kier alpha value is -2.60. The van der Waals surface area contributed by atoms with Crippen molar-refractivity contribution >= 4 is 17.5 Å². The number of aromatic nitrogens is 4. The summed E-state index contributed by atoms with van der Waals surface area (Å²) < 4.78 is 0. The molecule has 3 aromatic rings. The molecule has 1 aliphatic rings. The number of aromatic amines is 2. The van der Waals surface area contributed by atoms with E-state index in [1.165, 1.54) is 0 Å². The highest BCUT2D eigenvalue weighted by molar-refractivity contribution is 6.30. The maximum Gasteiger partial charge on any atom is 0.271 e. The summed E-state index contributed by atoms with van der Waals surface area (Å²) >= 11 is 5.98. The van der Waals surface area contributed by atoms with Crippen LogP contribution >= 0.6 is 11.6 Å². The Morgan fingerprint density at radius 1 is 1.20 bits per heavy atom. The molecular formula is C18H18ClN5O. The maximum absolute atomic E-state index is 12.5. The highest BCUT2D eigenvalue weighted by atomic mass is 35.5. The van der Waals surface area contributed by atoms with E-state index in [1.807, 2.05) is 38.1 Å². The Balaban J connectivity index is 1.72. The lowest BCUT2D eigenvalue weighted by Gasteiger charge is -2.14. The fraction of sp³-hybridized carbons (Fsp3) is 0.278. The number of hydrogen-bond donors (Lipinski definition) is 3. The van der Waals surface area contributed by atoms with Crippen molar-refractivity contribution in [1.29, 1.82) is 0 Å². The van der Waals surface area contributed by atoms with E-state index >= 15 is 0 Å². The first-order valence-corrected chi connectivity index (χ1v) is 8.55.